The van der Waals surface area contributed by atoms with E-state index in [0.29, 0.717) is 22.5 Å². The van der Waals surface area contributed by atoms with Gasteiger partial charge in [-0.15, -0.1) is 0 Å². The van der Waals surface area contributed by atoms with Crippen molar-refractivity contribution in [1.82, 2.24) is 0 Å². The van der Waals surface area contributed by atoms with Gasteiger partial charge in [0.1, 0.15) is 4.90 Å². The van der Waals surface area contributed by atoms with E-state index < -0.39 is 10.1 Å². The van der Waals surface area contributed by atoms with Crippen LogP contribution < -0.4 is 11.1 Å². The molecular formula is C19H17N2O3S+. The summed E-state index contributed by atoms with van der Waals surface area (Å²) in [5.74, 6) is 0. The fraction of sp³-hybridized carbons (Fsp3) is 0. The molecule has 0 spiro atoms. The quantitative estimate of drug-likeness (QED) is 0.576. The van der Waals surface area contributed by atoms with Crippen molar-refractivity contribution in [3.8, 4) is 0 Å². The smallest absolute Gasteiger partial charge is 0.295 e. The second-order valence-corrected chi connectivity index (χ2v) is 6.98. The SMILES string of the molecule is Nc1ccc(C(=C2C=CC(=[NH2+])C=C2)c2ccccc2S(=O)(=O)O)cc1. The molecule has 1 aliphatic carbocycles. The summed E-state index contributed by atoms with van der Waals surface area (Å²) >= 11 is 0. The molecule has 0 fully saturated rings. The molecule has 0 radical (unpaired) electrons. The summed E-state index contributed by atoms with van der Waals surface area (Å²) in [6, 6.07) is 13.4. The number of nitrogen functional groups attached to an aromatic ring is 1. The maximum Gasteiger partial charge on any atom is 0.295 e. The summed E-state index contributed by atoms with van der Waals surface area (Å²) in [6.07, 6.45) is 7.09. The van der Waals surface area contributed by atoms with Crippen LogP contribution >= 0.6 is 0 Å². The topological polar surface area (TPSA) is 106 Å². The molecule has 6 heteroatoms. The van der Waals surface area contributed by atoms with Crippen LogP contribution in [0.3, 0.4) is 0 Å². The van der Waals surface area contributed by atoms with Crippen molar-refractivity contribution >= 4 is 27.1 Å². The minimum absolute atomic E-state index is 0.154. The summed E-state index contributed by atoms with van der Waals surface area (Å²) in [5, 5.41) is 5.76. The average molecular weight is 353 g/mol. The highest BCUT2D eigenvalue weighted by Crippen LogP contribution is 2.33. The van der Waals surface area contributed by atoms with Gasteiger partial charge in [0.25, 0.3) is 10.1 Å². The summed E-state index contributed by atoms with van der Waals surface area (Å²) in [6.45, 7) is 0. The van der Waals surface area contributed by atoms with Gasteiger partial charge < -0.3 is 5.73 Å². The first kappa shape index (κ1) is 16.9. The highest BCUT2D eigenvalue weighted by molar-refractivity contribution is 7.86. The molecule has 126 valence electrons. The van der Waals surface area contributed by atoms with Gasteiger partial charge in [-0.2, -0.15) is 8.42 Å². The van der Waals surface area contributed by atoms with Crippen LogP contribution in [0, 0.1) is 0 Å². The Morgan fingerprint density at radius 3 is 2.12 bits per heavy atom. The average Bonchev–Trinajstić information content (AvgIpc) is 2.58. The highest BCUT2D eigenvalue weighted by Gasteiger charge is 2.20. The Labute approximate surface area is 146 Å². The van der Waals surface area contributed by atoms with E-state index in [4.69, 9.17) is 11.1 Å². The van der Waals surface area contributed by atoms with E-state index in [1.165, 1.54) is 6.07 Å². The van der Waals surface area contributed by atoms with Crippen LogP contribution in [0.1, 0.15) is 11.1 Å². The molecule has 2 aromatic rings. The van der Waals surface area contributed by atoms with Crippen molar-refractivity contribution < 1.29 is 18.4 Å². The van der Waals surface area contributed by atoms with Crippen molar-refractivity contribution in [2.45, 2.75) is 4.90 Å². The Balaban J connectivity index is 2.33. The fourth-order valence-corrected chi connectivity index (χ4v) is 3.37. The van der Waals surface area contributed by atoms with E-state index in [1.807, 2.05) is 24.3 Å². The number of allylic oxidation sites excluding steroid dienone is 5. The van der Waals surface area contributed by atoms with Crippen molar-refractivity contribution in [2.24, 2.45) is 0 Å². The lowest BCUT2D eigenvalue weighted by molar-refractivity contribution is -0.110. The molecule has 0 amide bonds. The van der Waals surface area contributed by atoms with Crippen molar-refractivity contribution in [1.29, 1.82) is 0 Å². The molecule has 3 rings (SSSR count). The zero-order valence-electron chi connectivity index (χ0n) is 13.3. The third-order valence-electron chi connectivity index (χ3n) is 3.83. The van der Waals surface area contributed by atoms with Crippen LogP contribution in [0.4, 0.5) is 5.69 Å². The number of nitrogens with two attached hydrogens (primary N) is 2. The van der Waals surface area contributed by atoms with Gasteiger partial charge in [-0.1, -0.05) is 30.3 Å². The first-order chi connectivity index (χ1) is 11.9. The predicted molar refractivity (Wildman–Crippen MR) is 98.3 cm³/mol. The standard InChI is InChI=1S/C19H16N2O3S/c20-15-9-5-13(6-10-15)19(14-7-11-16(21)12-8-14)17-3-1-2-4-18(17)25(22,23)24/h1-12,20H,21H2,(H,22,23,24)/p+1. The van der Waals surface area contributed by atoms with Crippen LogP contribution in [-0.4, -0.2) is 18.7 Å². The molecule has 0 saturated heterocycles. The first-order valence-corrected chi connectivity index (χ1v) is 8.96. The van der Waals surface area contributed by atoms with Gasteiger partial charge in [0, 0.05) is 23.4 Å². The second-order valence-electron chi connectivity index (χ2n) is 5.59. The van der Waals surface area contributed by atoms with Gasteiger partial charge in [0.2, 0.25) is 0 Å². The van der Waals surface area contributed by atoms with E-state index in [0.717, 1.165) is 11.1 Å². The van der Waals surface area contributed by atoms with Gasteiger partial charge in [-0.05, 0) is 47.1 Å². The van der Waals surface area contributed by atoms with Crippen molar-refractivity contribution in [2.75, 3.05) is 5.73 Å². The molecule has 0 unspecified atom stereocenters. The molecular weight excluding hydrogens is 336 g/mol. The third-order valence-corrected chi connectivity index (χ3v) is 4.74. The molecule has 0 atom stereocenters. The van der Waals surface area contributed by atoms with E-state index in [2.05, 4.69) is 0 Å². The van der Waals surface area contributed by atoms with Crippen LogP contribution in [0.25, 0.3) is 5.57 Å². The molecule has 0 aromatic heterocycles. The molecule has 5 N–H and O–H groups in total. The Hall–Kier alpha value is -2.96. The lowest BCUT2D eigenvalue weighted by Gasteiger charge is -2.16. The van der Waals surface area contributed by atoms with Gasteiger partial charge in [-0.25, -0.2) is 0 Å². The number of anilines is 1. The van der Waals surface area contributed by atoms with Gasteiger partial charge in [0.05, 0.1) is 0 Å². The Morgan fingerprint density at radius 1 is 0.920 bits per heavy atom. The molecule has 0 bridgehead atoms. The normalized spacial score (nSPS) is 14.0. The molecule has 1 aliphatic rings. The number of rotatable bonds is 3. The van der Waals surface area contributed by atoms with Crippen molar-refractivity contribution in [3.63, 3.8) is 0 Å². The summed E-state index contributed by atoms with van der Waals surface area (Å²) in [5.41, 5.74) is 9.57. The molecule has 25 heavy (non-hydrogen) atoms. The molecule has 2 aromatic carbocycles. The van der Waals surface area contributed by atoms with Crippen molar-refractivity contribution in [3.05, 3.63) is 89.5 Å². The zero-order chi connectivity index (χ0) is 18.0. The third kappa shape index (κ3) is 3.60. The lowest BCUT2D eigenvalue weighted by atomic mass is 9.90. The van der Waals surface area contributed by atoms with Gasteiger partial charge in [0.15, 0.2) is 5.71 Å². The van der Waals surface area contributed by atoms with Crippen LogP contribution in [0.2, 0.25) is 0 Å². The van der Waals surface area contributed by atoms with Crippen LogP contribution in [-0.2, 0) is 10.1 Å². The second kappa shape index (κ2) is 6.51. The molecule has 0 heterocycles. The maximum atomic E-state index is 11.8. The Morgan fingerprint density at radius 2 is 1.52 bits per heavy atom. The van der Waals surface area contributed by atoms with Crippen LogP contribution in [0.5, 0.6) is 0 Å². The van der Waals surface area contributed by atoms with Gasteiger partial charge in [-0.3, -0.25) is 9.96 Å². The Bertz CT molecular complexity index is 1010. The summed E-state index contributed by atoms with van der Waals surface area (Å²) in [7, 11) is -4.38. The van der Waals surface area contributed by atoms with E-state index in [1.54, 1.807) is 42.5 Å². The molecule has 0 saturated carbocycles. The van der Waals surface area contributed by atoms with E-state index >= 15 is 0 Å². The van der Waals surface area contributed by atoms with Crippen LogP contribution in [0.15, 0.2) is 83.3 Å². The summed E-state index contributed by atoms with van der Waals surface area (Å²) in [4.78, 5) is -0.154. The molecule has 0 aliphatic heterocycles. The predicted octanol–water partition coefficient (Wildman–Crippen LogP) is 1.64. The highest BCUT2D eigenvalue weighted by atomic mass is 32.2. The summed E-state index contributed by atoms with van der Waals surface area (Å²) < 4.78 is 33.3. The minimum atomic E-state index is -4.38. The monoisotopic (exact) mass is 353 g/mol. The van der Waals surface area contributed by atoms with Gasteiger partial charge >= 0.3 is 0 Å². The van der Waals surface area contributed by atoms with E-state index in [9.17, 15) is 13.0 Å². The maximum absolute atomic E-state index is 11.8. The number of hydrogen-bond acceptors (Lipinski definition) is 3. The number of benzene rings is 2. The number of hydrogen-bond donors (Lipinski definition) is 3. The molecule has 5 nitrogen and oxygen atoms in total. The van der Waals surface area contributed by atoms with E-state index in [-0.39, 0.29) is 4.90 Å². The zero-order valence-corrected chi connectivity index (χ0v) is 14.1. The lowest BCUT2D eigenvalue weighted by Crippen LogP contribution is -2.37. The first-order valence-electron chi connectivity index (χ1n) is 7.52. The fourth-order valence-electron chi connectivity index (χ4n) is 2.68. The Kier molecular flexibility index (Phi) is 4.39. The largest absolute Gasteiger partial charge is 0.399 e. The minimum Gasteiger partial charge on any atom is -0.399 e.